The Morgan fingerprint density at radius 3 is 0.740 bits per heavy atom. The van der Waals surface area contributed by atoms with Gasteiger partial charge in [-0.15, -0.1) is 0 Å². The molecule has 0 radical (unpaired) electrons. The van der Waals surface area contributed by atoms with Crippen LogP contribution in [0.3, 0.4) is 0 Å². The lowest BCUT2D eigenvalue weighted by molar-refractivity contribution is -0.115. The fourth-order valence-corrected chi connectivity index (χ4v) is 15.6. The number of rotatable bonds is 24. The molecule has 12 heterocycles. The van der Waals surface area contributed by atoms with Crippen LogP contribution in [0.15, 0.2) is 18.1 Å². The van der Waals surface area contributed by atoms with Crippen LogP contribution in [0.5, 0.6) is 0 Å². The third kappa shape index (κ3) is 25.3. The van der Waals surface area contributed by atoms with E-state index in [-0.39, 0.29) is 72.2 Å². The van der Waals surface area contributed by atoms with Gasteiger partial charge in [0.15, 0.2) is 43.8 Å². The van der Waals surface area contributed by atoms with Crippen molar-refractivity contribution in [2.45, 2.75) is 236 Å². The summed E-state index contributed by atoms with van der Waals surface area (Å²) < 4.78 is 99.3. The molecule has 32 nitrogen and oxygen atoms in total. The highest BCUT2D eigenvalue weighted by Crippen LogP contribution is 2.33. The van der Waals surface area contributed by atoms with E-state index in [0.717, 1.165) is 77.5 Å². The number of piperidine rings is 4. The Kier molecular flexibility index (Phi) is 29.8. The fraction of sp³-hybridized carbons (Fsp3) is 0.625. The summed E-state index contributed by atoms with van der Waals surface area (Å²) in [5.41, 5.74) is 0. The van der Waals surface area contributed by atoms with Crippen molar-refractivity contribution >= 4 is 89.5 Å². The van der Waals surface area contributed by atoms with Gasteiger partial charge in [0.25, 0.3) is 0 Å². The molecule has 4 fully saturated rings. The van der Waals surface area contributed by atoms with Crippen molar-refractivity contribution in [3.8, 4) is 0 Å². The molecule has 568 valence electrons. The molecule has 0 aliphatic carbocycles. The summed E-state index contributed by atoms with van der Waals surface area (Å²) in [6.45, 7) is 27.3. The summed E-state index contributed by atoms with van der Waals surface area (Å²) in [6, 6.07) is 0.968. The minimum absolute atomic E-state index is 0.112. The minimum Gasteiger partial charge on any atom is -0.370 e. The van der Waals surface area contributed by atoms with Gasteiger partial charge in [0.2, 0.25) is 71.0 Å². The van der Waals surface area contributed by atoms with Crippen molar-refractivity contribution < 1.29 is 73.8 Å². The van der Waals surface area contributed by atoms with Crippen LogP contribution in [-0.2, 0) is 90.7 Å². The second-order valence-corrected chi connectivity index (χ2v) is 30.0. The molecule has 4 N–H and O–H groups in total. The second kappa shape index (κ2) is 38.6. The Balaban J connectivity index is 0.000000161. The molecule has 4 aliphatic rings. The first-order valence-electron chi connectivity index (χ1n) is 33.9. The zero-order valence-electron chi connectivity index (χ0n) is 60.0. The molecule has 104 heavy (non-hydrogen) atoms. The summed E-state index contributed by atoms with van der Waals surface area (Å²) in [4.78, 5) is 86.8. The number of aromatic nitrogens is 12. The van der Waals surface area contributed by atoms with E-state index in [9.17, 15) is 36.7 Å². The maximum Gasteiger partial charge on any atom is 0.230 e. The summed E-state index contributed by atoms with van der Waals surface area (Å²) in [6.07, 6.45) is 7.21. The lowest BCUT2D eigenvalue weighted by atomic mass is 10.0. The van der Waals surface area contributed by atoms with Crippen LogP contribution in [0, 0.1) is 51.5 Å². The van der Waals surface area contributed by atoms with Crippen LogP contribution in [0.25, 0.3) is 0 Å². The lowest BCUT2D eigenvalue weighted by Gasteiger charge is -2.37. The quantitative estimate of drug-likeness (QED) is 0.0408. The highest BCUT2D eigenvalue weighted by molar-refractivity contribution is 7.16. The van der Waals surface area contributed by atoms with Gasteiger partial charge in [0.05, 0.1) is 43.9 Å². The van der Waals surface area contributed by atoms with E-state index < -0.39 is 23.8 Å². The van der Waals surface area contributed by atoms with Gasteiger partial charge < -0.3 is 58.3 Å². The molecule has 4 aliphatic heterocycles. The molecule has 0 saturated carbocycles. The number of thiazole rings is 4. The van der Waals surface area contributed by atoms with Crippen LogP contribution in [-0.4, -0.2) is 178 Å². The smallest absolute Gasteiger partial charge is 0.230 e. The van der Waals surface area contributed by atoms with Gasteiger partial charge in [-0.2, -0.15) is 57.4 Å². The SMILES string of the molecule is CC(=O)Nc1nc(F)c(CN2CC[C@@H](OCc3noc(C)n3)C[C@@H]2C)s1.CC(=O)Nc1nc(F)c(CN2CC[C@@H](OCc3noc(C)n3)C[C@H]2C)s1.CC(=O)Nc1nc(F)c(CN2CC[C@H](OCc3noc(C)n3)C[C@@H]2C)s1.CC(=O)Nc1nc(F)c(CN2CC[C@H](OCc3noc(C)n3)C[C@H]2C)s1. The van der Waals surface area contributed by atoms with Crippen molar-refractivity contribution in [2.24, 2.45) is 0 Å². The van der Waals surface area contributed by atoms with Crippen LogP contribution in [0.1, 0.15) is 173 Å². The van der Waals surface area contributed by atoms with Crippen molar-refractivity contribution in [1.29, 1.82) is 0 Å². The van der Waals surface area contributed by atoms with Gasteiger partial charge >= 0.3 is 0 Å². The number of ether oxygens (including phenoxy) is 4. The molecular weight excluding hydrogens is 1450 g/mol. The molecule has 12 rings (SSSR count). The van der Waals surface area contributed by atoms with Crippen LogP contribution < -0.4 is 21.3 Å². The number of anilines is 4. The number of hydrogen-bond donors (Lipinski definition) is 4. The number of nitrogens with one attached hydrogen (secondary N) is 4. The first-order valence-corrected chi connectivity index (χ1v) is 37.2. The average Bonchev–Trinajstić information content (AvgIpc) is 1.67. The van der Waals surface area contributed by atoms with E-state index in [1.807, 2.05) is 0 Å². The molecule has 0 aromatic carbocycles. The first kappa shape index (κ1) is 80.5. The van der Waals surface area contributed by atoms with Crippen molar-refractivity contribution in [1.82, 2.24) is 80.1 Å². The number of halogens is 4. The molecule has 0 unspecified atom stereocenters. The van der Waals surface area contributed by atoms with Gasteiger partial charge in [0, 0.05) is 132 Å². The van der Waals surface area contributed by atoms with E-state index in [0.29, 0.717) is 140 Å². The van der Waals surface area contributed by atoms with Gasteiger partial charge in [-0.1, -0.05) is 66.0 Å². The number of carbonyl (C=O) groups is 4. The van der Waals surface area contributed by atoms with E-state index in [1.54, 1.807) is 27.7 Å². The van der Waals surface area contributed by atoms with Crippen LogP contribution >= 0.6 is 45.3 Å². The molecule has 8 aromatic rings. The molecule has 4 amide bonds. The monoisotopic (exact) mass is 1530 g/mol. The Morgan fingerprint density at radius 2 is 0.577 bits per heavy atom. The van der Waals surface area contributed by atoms with Crippen LogP contribution in [0.2, 0.25) is 0 Å². The number of likely N-dealkylation sites (tertiary alicyclic amines) is 4. The van der Waals surface area contributed by atoms with Gasteiger partial charge in [0.1, 0.15) is 26.4 Å². The van der Waals surface area contributed by atoms with E-state index >= 15 is 0 Å². The number of nitrogens with zero attached hydrogens (tertiary/aromatic N) is 16. The third-order valence-electron chi connectivity index (χ3n) is 17.1. The van der Waals surface area contributed by atoms with Gasteiger partial charge in [-0.3, -0.25) is 38.8 Å². The maximum atomic E-state index is 14.0. The maximum absolute atomic E-state index is 14.0. The largest absolute Gasteiger partial charge is 0.370 e. The molecule has 0 spiro atoms. The summed E-state index contributed by atoms with van der Waals surface area (Å²) in [5.74, 6) is 1.21. The topological polar surface area (TPSA) is 374 Å². The zero-order valence-corrected chi connectivity index (χ0v) is 63.2. The Hall–Kier alpha value is -7.64. The van der Waals surface area contributed by atoms with E-state index in [1.165, 1.54) is 73.0 Å². The first-order chi connectivity index (χ1) is 49.6. The Morgan fingerprint density at radius 1 is 0.375 bits per heavy atom. The normalized spacial score (nSPS) is 21.1. The highest BCUT2D eigenvalue weighted by Gasteiger charge is 2.33. The summed E-state index contributed by atoms with van der Waals surface area (Å²) in [7, 11) is 0. The van der Waals surface area contributed by atoms with E-state index in [4.69, 9.17) is 37.0 Å². The molecule has 8 aromatic heterocycles. The van der Waals surface area contributed by atoms with E-state index in [2.05, 4.69) is 129 Å². The third-order valence-corrected chi connectivity index (χ3v) is 20.8. The molecule has 4 saturated heterocycles. The zero-order chi connectivity index (χ0) is 74.7. The van der Waals surface area contributed by atoms with Crippen LogP contribution in [0.4, 0.5) is 38.1 Å². The highest BCUT2D eigenvalue weighted by atomic mass is 32.1. The molecule has 0 bridgehead atoms. The predicted molar refractivity (Wildman–Crippen MR) is 372 cm³/mol. The average molecular weight is 1530 g/mol. The Labute approximate surface area is 613 Å². The number of aryl methyl sites for hydroxylation is 4. The number of amides is 4. The molecular formula is C64H88F4N20O12S4. The minimum atomic E-state index is -0.517. The summed E-state index contributed by atoms with van der Waals surface area (Å²) >= 11 is 4.70. The fourth-order valence-electron chi connectivity index (χ4n) is 11.9. The van der Waals surface area contributed by atoms with Crippen molar-refractivity contribution in [3.63, 3.8) is 0 Å². The van der Waals surface area contributed by atoms with Crippen molar-refractivity contribution in [3.05, 3.63) is 90.2 Å². The lowest BCUT2D eigenvalue weighted by Crippen LogP contribution is -2.42. The molecule has 8 atom stereocenters. The predicted octanol–water partition coefficient (Wildman–Crippen LogP) is 10.0. The van der Waals surface area contributed by atoms with Crippen molar-refractivity contribution in [2.75, 3.05) is 47.4 Å². The standard InChI is InChI=1S/4C16H22FN5O3S/c4*1-9-6-12(24-8-14-19-11(3)25-21-14)4-5-22(9)7-13-15(17)20-16(26-13)18-10(2)23/h4*9,12H,4-8H2,1-3H3,(H,18,20,23)/t2*9-,12+;2*9-,12-/m1010/s1. The summed E-state index contributed by atoms with van der Waals surface area (Å²) in [5, 5.41) is 26.6. The second-order valence-electron chi connectivity index (χ2n) is 25.7. The number of hydrogen-bond acceptors (Lipinski definition) is 32. The Bertz CT molecular complexity index is 3570. The number of carbonyl (C=O) groups excluding carboxylic acids is 4. The van der Waals surface area contributed by atoms with Gasteiger partial charge in [-0.05, 0) is 79.1 Å². The molecule has 40 heteroatoms. The van der Waals surface area contributed by atoms with Gasteiger partial charge in [-0.25, -0.2) is 0 Å².